The number of para-hydroxylation sites is 1. The molecule has 0 saturated carbocycles. The Morgan fingerprint density at radius 1 is 1.06 bits per heavy atom. The van der Waals surface area contributed by atoms with Crippen molar-refractivity contribution in [3.05, 3.63) is 85.6 Å². The summed E-state index contributed by atoms with van der Waals surface area (Å²) < 4.78 is 17.3. The lowest BCUT2D eigenvalue weighted by atomic mass is 9.97. The van der Waals surface area contributed by atoms with Crippen LogP contribution in [0.15, 0.2) is 58.1 Å². The minimum atomic E-state index is -0.535. The number of aryl methyl sites for hydroxylation is 1. The maximum absolute atomic E-state index is 13.6. The van der Waals surface area contributed by atoms with E-state index in [1.54, 1.807) is 11.6 Å². The van der Waals surface area contributed by atoms with Gasteiger partial charge in [0.05, 0.1) is 41.0 Å². The third kappa shape index (κ3) is 3.53. The van der Waals surface area contributed by atoms with E-state index in [1.807, 2.05) is 55.5 Å². The topological polar surface area (TPSA) is 67.4 Å². The fourth-order valence-electron chi connectivity index (χ4n) is 5.10. The first kappa shape index (κ1) is 23.5. The minimum Gasteiger partial charge on any atom is -0.493 e. The molecule has 2 aromatic heterocycles. The van der Waals surface area contributed by atoms with Crippen molar-refractivity contribution >= 4 is 22.5 Å². The van der Waals surface area contributed by atoms with Gasteiger partial charge in [0.25, 0.3) is 5.56 Å². The largest absolute Gasteiger partial charge is 0.493 e. The highest BCUT2D eigenvalue weighted by Crippen LogP contribution is 2.47. The Morgan fingerprint density at radius 3 is 2.43 bits per heavy atom. The number of fused-ring (bicyclic) bond motifs is 3. The van der Waals surface area contributed by atoms with Crippen LogP contribution >= 0.6 is 11.6 Å². The number of benzene rings is 2. The molecule has 0 bridgehead atoms. The Morgan fingerprint density at radius 2 is 1.74 bits per heavy atom. The standard InChI is InChI=1S/C27H28ClN3O4/c1-6-34-19-10-8-7-9-18(19)24-23-22-20(25(32)30(5)26(33)29(22)4)21(16-11-13-17(28)14-12-16)31(23)27(2,3)15-35-24/h7-14,24H,6,15H2,1-5H3/t24-/m1/s1. The lowest BCUT2D eigenvalue weighted by molar-refractivity contribution is -0.00816. The number of aromatic nitrogens is 3. The van der Waals surface area contributed by atoms with Crippen molar-refractivity contribution in [2.75, 3.05) is 13.2 Å². The summed E-state index contributed by atoms with van der Waals surface area (Å²) in [6.07, 6.45) is -0.535. The van der Waals surface area contributed by atoms with Crippen LogP contribution in [0.3, 0.4) is 0 Å². The van der Waals surface area contributed by atoms with Crippen molar-refractivity contribution in [2.24, 2.45) is 14.1 Å². The first-order valence-corrected chi connectivity index (χ1v) is 12.0. The summed E-state index contributed by atoms with van der Waals surface area (Å²) in [6.45, 7) is 6.99. The molecule has 0 unspecified atom stereocenters. The molecule has 5 rings (SSSR count). The Bertz CT molecular complexity index is 1560. The van der Waals surface area contributed by atoms with E-state index in [2.05, 4.69) is 18.4 Å². The van der Waals surface area contributed by atoms with Crippen LogP contribution in [0, 0.1) is 0 Å². The zero-order valence-electron chi connectivity index (χ0n) is 20.5. The second-order valence-electron chi connectivity index (χ2n) is 9.48. The van der Waals surface area contributed by atoms with Gasteiger partial charge in [0, 0.05) is 24.7 Å². The number of hydrogen-bond donors (Lipinski definition) is 0. The van der Waals surface area contributed by atoms with E-state index >= 15 is 0 Å². The summed E-state index contributed by atoms with van der Waals surface area (Å²) in [6, 6.07) is 15.2. The van der Waals surface area contributed by atoms with Crippen LogP contribution in [0.1, 0.15) is 38.1 Å². The van der Waals surface area contributed by atoms with Crippen LogP contribution in [0.5, 0.6) is 5.75 Å². The zero-order valence-corrected chi connectivity index (χ0v) is 21.2. The molecule has 8 heteroatoms. The molecule has 182 valence electrons. The number of ether oxygens (including phenoxy) is 2. The van der Waals surface area contributed by atoms with E-state index in [4.69, 9.17) is 21.1 Å². The SMILES string of the molecule is CCOc1ccccc1[C@H]1OCC(C)(C)n2c(-c3ccc(Cl)cc3)c3c(=O)n(C)c(=O)n(C)c3c21. The van der Waals surface area contributed by atoms with Gasteiger partial charge in [-0.25, -0.2) is 4.79 Å². The second kappa shape index (κ2) is 8.43. The fourth-order valence-corrected chi connectivity index (χ4v) is 5.22. The summed E-state index contributed by atoms with van der Waals surface area (Å²) in [4.78, 5) is 26.7. The Kier molecular flexibility index (Phi) is 5.65. The van der Waals surface area contributed by atoms with Gasteiger partial charge in [-0.2, -0.15) is 0 Å². The second-order valence-corrected chi connectivity index (χ2v) is 9.92. The summed E-state index contributed by atoms with van der Waals surface area (Å²) in [5.74, 6) is 0.711. The van der Waals surface area contributed by atoms with E-state index in [0.717, 1.165) is 27.1 Å². The maximum Gasteiger partial charge on any atom is 0.331 e. The first-order chi connectivity index (χ1) is 16.7. The van der Waals surface area contributed by atoms with Gasteiger partial charge in [0.2, 0.25) is 0 Å². The Hall–Kier alpha value is -3.29. The smallest absolute Gasteiger partial charge is 0.331 e. The van der Waals surface area contributed by atoms with Crippen LogP contribution in [-0.4, -0.2) is 26.9 Å². The van der Waals surface area contributed by atoms with E-state index in [-0.39, 0.29) is 5.56 Å². The highest BCUT2D eigenvalue weighted by molar-refractivity contribution is 6.30. The first-order valence-electron chi connectivity index (χ1n) is 11.6. The van der Waals surface area contributed by atoms with Crippen LogP contribution in [0.25, 0.3) is 22.2 Å². The molecule has 1 aliphatic rings. The van der Waals surface area contributed by atoms with Gasteiger partial charge in [-0.3, -0.25) is 13.9 Å². The fraction of sp³-hybridized carbons (Fsp3) is 0.333. The van der Waals surface area contributed by atoms with Gasteiger partial charge in [0.1, 0.15) is 11.9 Å². The molecule has 1 aliphatic heterocycles. The van der Waals surface area contributed by atoms with Gasteiger partial charge < -0.3 is 14.0 Å². The summed E-state index contributed by atoms with van der Waals surface area (Å²) in [5.41, 5.74) is 2.52. The molecular weight excluding hydrogens is 466 g/mol. The van der Waals surface area contributed by atoms with Crippen LogP contribution < -0.4 is 16.0 Å². The van der Waals surface area contributed by atoms with Crippen LogP contribution in [-0.2, 0) is 24.4 Å². The molecule has 4 aromatic rings. The lowest BCUT2D eigenvalue weighted by Gasteiger charge is -2.39. The highest BCUT2D eigenvalue weighted by atomic mass is 35.5. The number of halogens is 1. The third-order valence-electron chi connectivity index (χ3n) is 6.68. The van der Waals surface area contributed by atoms with Crippen LogP contribution in [0.4, 0.5) is 0 Å². The Balaban J connectivity index is 1.98. The average Bonchev–Trinajstić information content (AvgIpc) is 3.20. The predicted octanol–water partition coefficient (Wildman–Crippen LogP) is 4.61. The summed E-state index contributed by atoms with van der Waals surface area (Å²) in [5, 5.41) is 1.08. The normalized spacial score (nSPS) is 16.9. The van der Waals surface area contributed by atoms with Crippen molar-refractivity contribution in [1.29, 1.82) is 0 Å². The molecular formula is C27H28ClN3O4. The molecule has 0 aliphatic carbocycles. The molecule has 0 N–H and O–H groups in total. The molecule has 35 heavy (non-hydrogen) atoms. The lowest BCUT2D eigenvalue weighted by Crippen LogP contribution is -2.40. The minimum absolute atomic E-state index is 0.345. The third-order valence-corrected chi connectivity index (χ3v) is 6.94. The molecule has 0 saturated heterocycles. The van der Waals surface area contributed by atoms with E-state index in [1.165, 1.54) is 7.05 Å². The Labute approximate surface area is 208 Å². The molecule has 1 atom stereocenters. The number of hydrogen-bond acceptors (Lipinski definition) is 4. The zero-order chi connectivity index (χ0) is 25.1. The van der Waals surface area contributed by atoms with Gasteiger partial charge >= 0.3 is 5.69 Å². The van der Waals surface area contributed by atoms with Gasteiger partial charge in [-0.15, -0.1) is 0 Å². The molecule has 3 heterocycles. The van der Waals surface area contributed by atoms with Gasteiger partial charge in [0.15, 0.2) is 0 Å². The van der Waals surface area contributed by atoms with Crippen molar-refractivity contribution in [3.8, 4) is 17.0 Å². The molecule has 0 fully saturated rings. The molecule has 0 spiro atoms. The average molecular weight is 494 g/mol. The van der Waals surface area contributed by atoms with Gasteiger partial charge in [-0.1, -0.05) is 41.9 Å². The van der Waals surface area contributed by atoms with E-state index < -0.39 is 17.3 Å². The van der Waals surface area contributed by atoms with Crippen molar-refractivity contribution in [2.45, 2.75) is 32.4 Å². The summed E-state index contributed by atoms with van der Waals surface area (Å²) in [7, 11) is 3.21. The molecule has 2 aromatic carbocycles. The molecule has 7 nitrogen and oxygen atoms in total. The summed E-state index contributed by atoms with van der Waals surface area (Å²) >= 11 is 6.19. The van der Waals surface area contributed by atoms with Crippen molar-refractivity contribution in [3.63, 3.8) is 0 Å². The predicted molar refractivity (Wildman–Crippen MR) is 138 cm³/mol. The van der Waals surface area contributed by atoms with Crippen molar-refractivity contribution in [1.82, 2.24) is 13.7 Å². The number of rotatable bonds is 4. The molecule has 0 amide bonds. The quantitative estimate of drug-likeness (QED) is 0.416. The van der Waals surface area contributed by atoms with Gasteiger partial charge in [-0.05, 0) is 44.5 Å². The number of nitrogens with zero attached hydrogens (tertiary/aromatic N) is 3. The molecule has 0 radical (unpaired) electrons. The van der Waals surface area contributed by atoms with Crippen molar-refractivity contribution < 1.29 is 9.47 Å². The van der Waals surface area contributed by atoms with Crippen LogP contribution in [0.2, 0.25) is 5.02 Å². The van der Waals surface area contributed by atoms with E-state index in [0.29, 0.717) is 34.9 Å². The highest BCUT2D eigenvalue weighted by Gasteiger charge is 2.41. The monoisotopic (exact) mass is 493 g/mol. The van der Waals surface area contributed by atoms with E-state index in [9.17, 15) is 9.59 Å². The maximum atomic E-state index is 13.6.